The highest BCUT2D eigenvalue weighted by Crippen LogP contribution is 2.06. The van der Waals surface area contributed by atoms with Crippen LogP contribution in [0.1, 0.15) is 6.92 Å². The fourth-order valence-electron chi connectivity index (χ4n) is 0.378. The molecule has 0 aromatic carbocycles. The third-order valence-electron chi connectivity index (χ3n) is 0.873. The maximum absolute atomic E-state index is 9.52. The highest BCUT2D eigenvalue weighted by molar-refractivity contribution is 7.81. The summed E-state index contributed by atoms with van der Waals surface area (Å²) < 4.78 is 0. The summed E-state index contributed by atoms with van der Waals surface area (Å²) in [7, 11) is 0. The minimum atomic E-state index is -0.383. The Labute approximate surface area is 59.4 Å². The Morgan fingerprint density at radius 1 is 1.89 bits per heavy atom. The first-order chi connectivity index (χ1) is 4.22. The highest BCUT2D eigenvalue weighted by atomic mass is 32.1. The molecule has 9 heavy (non-hydrogen) atoms. The van der Waals surface area contributed by atoms with Crippen LogP contribution < -0.4 is 0 Å². The minimum absolute atomic E-state index is 0.0554. The van der Waals surface area contributed by atoms with E-state index in [4.69, 9.17) is 0 Å². The van der Waals surface area contributed by atoms with Crippen molar-refractivity contribution in [2.75, 3.05) is 0 Å². The number of thiol groups is 1. The molecule has 0 heterocycles. The van der Waals surface area contributed by atoms with Crippen molar-refractivity contribution in [3.05, 3.63) is 17.6 Å². The quantitative estimate of drug-likeness (QED) is 0.283. The van der Waals surface area contributed by atoms with E-state index in [-0.39, 0.29) is 11.4 Å². The smallest absolute Gasteiger partial charge is 0.160 e. The fraction of sp³-hybridized carbons (Fsp3) is 0.600. The van der Waals surface area contributed by atoms with Crippen molar-refractivity contribution >= 4 is 12.6 Å². The summed E-state index contributed by atoms with van der Waals surface area (Å²) >= 11 is 4.01. The van der Waals surface area contributed by atoms with Gasteiger partial charge in [-0.3, -0.25) is 0 Å². The lowest BCUT2D eigenvalue weighted by molar-refractivity contribution is 0.0902. The van der Waals surface area contributed by atoms with Gasteiger partial charge in [0.15, 0.2) is 11.4 Å². The molecule has 2 atom stereocenters. The van der Waals surface area contributed by atoms with Crippen LogP contribution in [0.25, 0.3) is 0 Å². The number of rotatable bonds is 4. The summed E-state index contributed by atoms with van der Waals surface area (Å²) in [4.78, 5) is 13.9. The molecule has 0 amide bonds. The molecule has 2 unspecified atom stereocenters. The monoisotopic (exact) mass is 147 g/mol. The lowest BCUT2D eigenvalue weighted by atomic mass is 10.3. The molecule has 0 aliphatic rings. The number of nitrogens with zero attached hydrogens (tertiary/aromatic N) is 1. The van der Waals surface area contributed by atoms with Crippen LogP contribution in [-0.4, -0.2) is 11.4 Å². The molecule has 52 valence electrons. The predicted octanol–water partition coefficient (Wildman–Crippen LogP) is 1.56. The third kappa shape index (κ3) is 3.13. The first kappa shape index (κ1) is 8.49. The SMILES string of the molecule is C=CC(ON=O)C(C)S. The second-order valence-electron chi connectivity index (χ2n) is 1.62. The zero-order valence-corrected chi connectivity index (χ0v) is 6.04. The lowest BCUT2D eigenvalue weighted by Crippen LogP contribution is -2.16. The molecular weight excluding hydrogens is 138 g/mol. The normalized spacial score (nSPS) is 15.8. The molecule has 0 aromatic heterocycles. The molecule has 0 aromatic rings. The van der Waals surface area contributed by atoms with Gasteiger partial charge in [-0.2, -0.15) is 12.6 Å². The van der Waals surface area contributed by atoms with E-state index in [9.17, 15) is 4.91 Å². The van der Waals surface area contributed by atoms with E-state index in [1.54, 1.807) is 6.92 Å². The lowest BCUT2D eigenvalue weighted by Gasteiger charge is -2.09. The van der Waals surface area contributed by atoms with E-state index >= 15 is 0 Å². The maximum Gasteiger partial charge on any atom is 0.160 e. The van der Waals surface area contributed by atoms with Gasteiger partial charge in [0.05, 0.1) is 0 Å². The van der Waals surface area contributed by atoms with Gasteiger partial charge in [0.2, 0.25) is 0 Å². The van der Waals surface area contributed by atoms with Gasteiger partial charge in [-0.15, -0.1) is 4.91 Å². The largest absolute Gasteiger partial charge is 0.355 e. The molecule has 0 saturated carbocycles. The van der Waals surface area contributed by atoms with Crippen LogP contribution >= 0.6 is 12.6 Å². The Morgan fingerprint density at radius 3 is 2.56 bits per heavy atom. The van der Waals surface area contributed by atoms with Crippen molar-refractivity contribution in [1.82, 2.24) is 0 Å². The Hall–Kier alpha value is -0.510. The Morgan fingerprint density at radius 2 is 2.44 bits per heavy atom. The highest BCUT2D eigenvalue weighted by Gasteiger charge is 2.10. The van der Waals surface area contributed by atoms with Crippen molar-refractivity contribution in [2.24, 2.45) is 5.34 Å². The van der Waals surface area contributed by atoms with E-state index in [1.165, 1.54) is 6.08 Å². The Kier molecular flexibility index (Phi) is 4.13. The van der Waals surface area contributed by atoms with Gasteiger partial charge >= 0.3 is 0 Å². The summed E-state index contributed by atoms with van der Waals surface area (Å²) in [5, 5.41) is 2.20. The second-order valence-corrected chi connectivity index (χ2v) is 2.44. The molecule has 0 aliphatic heterocycles. The Bertz CT molecular complexity index is 105. The van der Waals surface area contributed by atoms with Gasteiger partial charge in [-0.25, -0.2) is 0 Å². The molecule has 0 radical (unpaired) electrons. The van der Waals surface area contributed by atoms with Gasteiger partial charge in [-0.05, 0) is 13.0 Å². The summed E-state index contributed by atoms with van der Waals surface area (Å²) in [6.07, 6.45) is 1.10. The molecule has 3 nitrogen and oxygen atoms in total. The third-order valence-corrected chi connectivity index (χ3v) is 1.17. The molecule has 0 aliphatic carbocycles. The van der Waals surface area contributed by atoms with Gasteiger partial charge in [0.25, 0.3) is 0 Å². The summed E-state index contributed by atoms with van der Waals surface area (Å²) in [5.74, 6) is 0. The topological polar surface area (TPSA) is 38.7 Å². The van der Waals surface area contributed by atoms with Gasteiger partial charge < -0.3 is 4.84 Å². The van der Waals surface area contributed by atoms with E-state index < -0.39 is 0 Å². The van der Waals surface area contributed by atoms with E-state index in [2.05, 4.69) is 29.4 Å². The molecule has 0 saturated heterocycles. The maximum atomic E-state index is 9.52. The number of hydrogen-bond acceptors (Lipinski definition) is 4. The summed E-state index contributed by atoms with van der Waals surface area (Å²) in [5.41, 5.74) is 0. The van der Waals surface area contributed by atoms with Crippen molar-refractivity contribution < 1.29 is 4.84 Å². The average molecular weight is 147 g/mol. The molecule has 0 N–H and O–H groups in total. The Balaban J connectivity index is 3.66. The van der Waals surface area contributed by atoms with E-state index in [0.717, 1.165) is 0 Å². The van der Waals surface area contributed by atoms with Crippen LogP contribution in [0.5, 0.6) is 0 Å². The van der Waals surface area contributed by atoms with Crippen molar-refractivity contribution in [3.8, 4) is 0 Å². The van der Waals surface area contributed by atoms with Crippen molar-refractivity contribution in [2.45, 2.75) is 18.3 Å². The van der Waals surface area contributed by atoms with Crippen LogP contribution in [0, 0.1) is 4.91 Å². The van der Waals surface area contributed by atoms with E-state index in [1.807, 2.05) is 0 Å². The average Bonchev–Trinajstić information content (AvgIpc) is 1.82. The van der Waals surface area contributed by atoms with Crippen LogP contribution in [0.3, 0.4) is 0 Å². The molecule has 0 rings (SSSR count). The van der Waals surface area contributed by atoms with Gasteiger partial charge in [0.1, 0.15) is 0 Å². The molecule has 4 heteroatoms. The first-order valence-corrected chi connectivity index (χ1v) is 3.03. The van der Waals surface area contributed by atoms with Crippen LogP contribution in [0.4, 0.5) is 0 Å². The summed E-state index contributed by atoms with van der Waals surface area (Å²) in [6.45, 7) is 5.22. The van der Waals surface area contributed by atoms with Gasteiger partial charge in [0, 0.05) is 5.25 Å². The zero-order chi connectivity index (χ0) is 7.28. The minimum Gasteiger partial charge on any atom is -0.355 e. The van der Waals surface area contributed by atoms with Gasteiger partial charge in [-0.1, -0.05) is 6.58 Å². The van der Waals surface area contributed by atoms with Crippen LogP contribution in [0.15, 0.2) is 18.0 Å². The second kappa shape index (κ2) is 4.38. The molecule has 0 fully saturated rings. The first-order valence-electron chi connectivity index (χ1n) is 2.51. The molecular formula is C5H9NO2S. The van der Waals surface area contributed by atoms with Crippen LogP contribution in [-0.2, 0) is 4.84 Å². The molecule has 0 bridgehead atoms. The van der Waals surface area contributed by atoms with Crippen molar-refractivity contribution in [3.63, 3.8) is 0 Å². The summed E-state index contributed by atoms with van der Waals surface area (Å²) in [6, 6.07) is 0. The standard InChI is InChI=1S/C5H9NO2S/c1-3-5(4(2)9)8-6-7/h3-5,9H,1H2,2H3. The van der Waals surface area contributed by atoms with Crippen molar-refractivity contribution in [1.29, 1.82) is 0 Å². The number of hydrogen-bond donors (Lipinski definition) is 1. The van der Waals surface area contributed by atoms with Crippen LogP contribution in [0.2, 0.25) is 0 Å². The van der Waals surface area contributed by atoms with E-state index in [0.29, 0.717) is 0 Å². The predicted molar refractivity (Wildman–Crippen MR) is 39.3 cm³/mol. The fourth-order valence-corrected chi connectivity index (χ4v) is 0.554. The zero-order valence-electron chi connectivity index (χ0n) is 5.15. The molecule has 0 spiro atoms.